The molecule has 0 fully saturated rings. The first-order valence-corrected chi connectivity index (χ1v) is 8.21. The van der Waals surface area contributed by atoms with Crippen molar-refractivity contribution in [3.63, 3.8) is 0 Å². The zero-order chi connectivity index (χ0) is 17.7. The molecule has 0 amide bonds. The maximum Gasteiger partial charge on any atom is 0.330 e. The Bertz CT molecular complexity index is 561. The largest absolute Gasteiger partial charge is 0.463 e. The van der Waals surface area contributed by atoms with E-state index in [1.54, 1.807) is 13.0 Å². The first-order valence-electron chi connectivity index (χ1n) is 8.21. The van der Waals surface area contributed by atoms with E-state index in [0.717, 1.165) is 5.56 Å². The van der Waals surface area contributed by atoms with Gasteiger partial charge in [0.1, 0.15) is 0 Å². The molecule has 0 N–H and O–H groups in total. The third-order valence-corrected chi connectivity index (χ3v) is 3.61. The van der Waals surface area contributed by atoms with E-state index < -0.39 is 0 Å². The highest BCUT2D eigenvalue weighted by Crippen LogP contribution is 2.30. The van der Waals surface area contributed by atoms with E-state index >= 15 is 0 Å². The van der Waals surface area contributed by atoms with Gasteiger partial charge in [0, 0.05) is 6.08 Å². The molecule has 0 heterocycles. The molecule has 0 saturated carbocycles. The SMILES string of the molecule is CCOC(=O)/C=C/C=C/c1cc(C(C)(C)C)cc(C(C)(C)C)c1. The Kier molecular flexibility index (Phi) is 6.37. The Balaban J connectivity index is 3.09. The molecule has 1 rings (SSSR count). The first-order chi connectivity index (χ1) is 10.5. The van der Waals surface area contributed by atoms with Crippen molar-refractivity contribution in [3.8, 4) is 0 Å². The van der Waals surface area contributed by atoms with Gasteiger partial charge in [-0.2, -0.15) is 0 Å². The van der Waals surface area contributed by atoms with Crippen LogP contribution in [0.25, 0.3) is 6.08 Å². The zero-order valence-electron chi connectivity index (χ0n) is 15.6. The van der Waals surface area contributed by atoms with Crippen molar-refractivity contribution in [1.82, 2.24) is 0 Å². The lowest BCUT2D eigenvalue weighted by Gasteiger charge is -2.25. The molecule has 2 heteroatoms. The summed E-state index contributed by atoms with van der Waals surface area (Å²) in [5, 5.41) is 0. The minimum absolute atomic E-state index is 0.102. The minimum Gasteiger partial charge on any atom is -0.463 e. The Labute approximate surface area is 141 Å². The maximum absolute atomic E-state index is 11.3. The van der Waals surface area contributed by atoms with Crippen LogP contribution >= 0.6 is 0 Å². The molecule has 0 aromatic heterocycles. The van der Waals surface area contributed by atoms with Crippen molar-refractivity contribution >= 4 is 12.0 Å². The Morgan fingerprint density at radius 1 is 0.957 bits per heavy atom. The predicted molar refractivity (Wildman–Crippen MR) is 98.6 cm³/mol. The topological polar surface area (TPSA) is 26.3 Å². The van der Waals surface area contributed by atoms with Gasteiger partial charge in [0.2, 0.25) is 0 Å². The maximum atomic E-state index is 11.3. The number of rotatable bonds is 4. The average molecular weight is 314 g/mol. The van der Waals surface area contributed by atoms with E-state index in [2.05, 4.69) is 59.7 Å². The van der Waals surface area contributed by atoms with Gasteiger partial charge in [-0.05, 0) is 34.4 Å². The molecule has 0 bridgehead atoms. The molecule has 126 valence electrons. The second kappa shape index (κ2) is 7.63. The molecule has 0 saturated heterocycles. The van der Waals surface area contributed by atoms with Crippen LogP contribution < -0.4 is 0 Å². The third-order valence-electron chi connectivity index (χ3n) is 3.61. The Morgan fingerprint density at radius 2 is 1.48 bits per heavy atom. The van der Waals surface area contributed by atoms with Gasteiger partial charge >= 0.3 is 5.97 Å². The first kappa shape index (κ1) is 19.2. The van der Waals surface area contributed by atoms with E-state index in [9.17, 15) is 4.79 Å². The van der Waals surface area contributed by atoms with Gasteiger partial charge in [-0.3, -0.25) is 0 Å². The second-order valence-electron chi connectivity index (χ2n) is 7.81. The molecule has 0 spiro atoms. The monoisotopic (exact) mass is 314 g/mol. The van der Waals surface area contributed by atoms with Crippen molar-refractivity contribution in [2.75, 3.05) is 6.61 Å². The molecule has 1 aromatic carbocycles. The van der Waals surface area contributed by atoms with Crippen molar-refractivity contribution in [3.05, 3.63) is 53.1 Å². The van der Waals surface area contributed by atoms with Gasteiger partial charge in [-0.1, -0.05) is 78.0 Å². The number of esters is 1. The predicted octanol–water partition coefficient (Wildman–Crippen LogP) is 5.41. The zero-order valence-corrected chi connectivity index (χ0v) is 15.6. The number of hydrogen-bond donors (Lipinski definition) is 0. The van der Waals surface area contributed by atoms with E-state index in [-0.39, 0.29) is 16.8 Å². The molecular formula is C21H30O2. The minimum atomic E-state index is -0.309. The average Bonchev–Trinajstić information content (AvgIpc) is 2.42. The van der Waals surface area contributed by atoms with Crippen LogP contribution in [0.5, 0.6) is 0 Å². The van der Waals surface area contributed by atoms with Crippen LogP contribution in [0.4, 0.5) is 0 Å². The molecule has 0 unspecified atom stereocenters. The Morgan fingerprint density at radius 3 is 1.91 bits per heavy atom. The van der Waals surface area contributed by atoms with Gasteiger partial charge in [0.25, 0.3) is 0 Å². The lowest BCUT2D eigenvalue weighted by atomic mass is 9.79. The van der Waals surface area contributed by atoms with Crippen molar-refractivity contribution < 1.29 is 9.53 Å². The fourth-order valence-electron chi connectivity index (χ4n) is 2.11. The highest BCUT2D eigenvalue weighted by atomic mass is 16.5. The summed E-state index contributed by atoms with van der Waals surface area (Å²) < 4.78 is 4.86. The van der Waals surface area contributed by atoms with Crippen LogP contribution in [0.2, 0.25) is 0 Å². The normalized spacial score (nSPS) is 13.0. The molecule has 0 radical (unpaired) electrons. The number of allylic oxidation sites excluding steroid dienone is 2. The van der Waals surface area contributed by atoms with Crippen LogP contribution in [-0.4, -0.2) is 12.6 Å². The smallest absolute Gasteiger partial charge is 0.330 e. The summed E-state index contributed by atoms with van der Waals surface area (Å²) in [6, 6.07) is 6.72. The summed E-state index contributed by atoms with van der Waals surface area (Å²) in [6.45, 7) is 15.5. The molecule has 2 nitrogen and oxygen atoms in total. The van der Waals surface area contributed by atoms with Crippen LogP contribution in [-0.2, 0) is 20.4 Å². The summed E-state index contributed by atoms with van der Waals surface area (Å²) in [5.74, 6) is -0.309. The quantitative estimate of drug-likeness (QED) is 0.422. The lowest BCUT2D eigenvalue weighted by molar-refractivity contribution is -0.137. The van der Waals surface area contributed by atoms with Crippen molar-refractivity contribution in [1.29, 1.82) is 0 Å². The van der Waals surface area contributed by atoms with E-state index in [4.69, 9.17) is 4.74 Å². The summed E-state index contributed by atoms with van der Waals surface area (Å²) in [6.07, 6.45) is 7.07. The van der Waals surface area contributed by atoms with Gasteiger partial charge in [0.05, 0.1) is 6.61 Å². The highest BCUT2D eigenvalue weighted by molar-refractivity contribution is 5.82. The highest BCUT2D eigenvalue weighted by Gasteiger charge is 2.19. The standard InChI is InChI=1S/C21H30O2/c1-8-23-19(22)12-10-9-11-16-13-17(20(2,3)4)15-18(14-16)21(5,6)7/h9-15H,8H2,1-7H3/b11-9+,12-10+. The van der Waals surface area contributed by atoms with Gasteiger partial charge < -0.3 is 4.74 Å². The molecule has 23 heavy (non-hydrogen) atoms. The summed E-state index contributed by atoms with van der Waals surface area (Å²) in [4.78, 5) is 11.3. The molecule has 0 aliphatic carbocycles. The number of hydrogen-bond acceptors (Lipinski definition) is 2. The van der Waals surface area contributed by atoms with Crippen LogP contribution in [0, 0.1) is 0 Å². The molecule has 0 aliphatic rings. The van der Waals surface area contributed by atoms with Crippen molar-refractivity contribution in [2.24, 2.45) is 0 Å². The van der Waals surface area contributed by atoms with E-state index in [0.29, 0.717) is 6.61 Å². The second-order valence-corrected chi connectivity index (χ2v) is 7.81. The van der Waals surface area contributed by atoms with E-state index in [1.807, 2.05) is 12.2 Å². The summed E-state index contributed by atoms with van der Waals surface area (Å²) in [7, 11) is 0. The number of ether oxygens (including phenoxy) is 1. The van der Waals surface area contributed by atoms with Crippen LogP contribution in [0.15, 0.2) is 36.4 Å². The number of benzene rings is 1. The van der Waals surface area contributed by atoms with Crippen LogP contribution in [0.3, 0.4) is 0 Å². The lowest BCUT2D eigenvalue weighted by Crippen LogP contribution is -2.16. The third kappa shape index (κ3) is 6.43. The molecule has 0 atom stereocenters. The Hall–Kier alpha value is -1.83. The number of carbonyl (C=O) groups is 1. The molecular weight excluding hydrogens is 284 g/mol. The fourth-order valence-corrected chi connectivity index (χ4v) is 2.11. The van der Waals surface area contributed by atoms with Crippen LogP contribution in [0.1, 0.15) is 65.2 Å². The molecule has 1 aromatic rings. The fraction of sp³-hybridized carbons (Fsp3) is 0.476. The van der Waals surface area contributed by atoms with Gasteiger partial charge in [0.15, 0.2) is 0 Å². The summed E-state index contributed by atoms with van der Waals surface area (Å²) in [5.41, 5.74) is 3.99. The number of carbonyl (C=O) groups excluding carboxylic acids is 1. The molecule has 0 aliphatic heterocycles. The van der Waals surface area contributed by atoms with Gasteiger partial charge in [-0.15, -0.1) is 0 Å². The summed E-state index contributed by atoms with van der Waals surface area (Å²) >= 11 is 0. The van der Waals surface area contributed by atoms with Gasteiger partial charge in [-0.25, -0.2) is 4.79 Å². The van der Waals surface area contributed by atoms with E-state index in [1.165, 1.54) is 17.2 Å². The van der Waals surface area contributed by atoms with Crippen molar-refractivity contribution in [2.45, 2.75) is 59.3 Å².